The number of hydrogen-bond donors (Lipinski definition) is 3. The standard InChI is InChI=1S/C30H57N3O15/c1-30(2,3)48-29(37)33-47-25-27(35)32-8-12-42-16-20-46-23-21-43-17-13-39-9-5-26(34)31-7-11-41-15-19-45-24-22-44-18-14-40-10-6-28(36)38-4/h5-25H2,1-4H3,(H,31,34)(H,32,35)(H,33,37). The molecule has 0 heterocycles. The van der Waals surface area contributed by atoms with Gasteiger partial charge in [-0.2, -0.15) is 5.48 Å². The van der Waals surface area contributed by atoms with Crippen molar-refractivity contribution in [3.63, 3.8) is 0 Å². The first kappa shape index (κ1) is 45.3. The van der Waals surface area contributed by atoms with Gasteiger partial charge in [-0.15, -0.1) is 0 Å². The van der Waals surface area contributed by atoms with Crippen LogP contribution in [0.2, 0.25) is 0 Å². The predicted molar refractivity (Wildman–Crippen MR) is 169 cm³/mol. The molecular formula is C30H57N3O15. The molecule has 0 unspecified atom stereocenters. The van der Waals surface area contributed by atoms with Gasteiger partial charge in [0.25, 0.3) is 0 Å². The third-order valence-corrected chi connectivity index (χ3v) is 5.28. The second-order valence-electron chi connectivity index (χ2n) is 10.6. The van der Waals surface area contributed by atoms with E-state index in [1.165, 1.54) is 7.11 Å². The van der Waals surface area contributed by atoms with Crippen LogP contribution in [0.4, 0.5) is 4.79 Å². The minimum absolute atomic E-state index is 0.123. The molecule has 0 aromatic carbocycles. The Kier molecular flexibility index (Phi) is 31.0. The largest absolute Gasteiger partial charge is 0.469 e. The van der Waals surface area contributed by atoms with Gasteiger partial charge in [-0.3, -0.25) is 19.2 Å². The lowest BCUT2D eigenvalue weighted by molar-refractivity contribution is -0.142. The number of rotatable bonds is 33. The number of methoxy groups -OCH3 is 1. The summed E-state index contributed by atoms with van der Waals surface area (Å²) in [5, 5.41) is 5.34. The maximum Gasteiger partial charge on any atom is 0.431 e. The molecule has 48 heavy (non-hydrogen) atoms. The van der Waals surface area contributed by atoms with Crippen LogP contribution in [0.1, 0.15) is 33.6 Å². The van der Waals surface area contributed by atoms with Gasteiger partial charge in [0.2, 0.25) is 11.8 Å². The molecule has 0 saturated heterocycles. The van der Waals surface area contributed by atoms with Gasteiger partial charge in [-0.25, -0.2) is 4.79 Å². The van der Waals surface area contributed by atoms with E-state index in [-0.39, 0.29) is 44.5 Å². The van der Waals surface area contributed by atoms with E-state index in [0.29, 0.717) is 106 Å². The third-order valence-electron chi connectivity index (χ3n) is 5.28. The van der Waals surface area contributed by atoms with Crippen LogP contribution in [0.25, 0.3) is 0 Å². The summed E-state index contributed by atoms with van der Waals surface area (Å²) >= 11 is 0. The van der Waals surface area contributed by atoms with E-state index >= 15 is 0 Å². The average molecular weight is 700 g/mol. The Balaban J connectivity index is 3.28. The summed E-state index contributed by atoms with van der Waals surface area (Å²) < 4.78 is 52.5. The summed E-state index contributed by atoms with van der Waals surface area (Å²) in [6.07, 6.45) is -0.311. The second kappa shape index (κ2) is 32.8. The fraction of sp³-hybridized carbons (Fsp3) is 0.867. The molecule has 0 spiro atoms. The lowest BCUT2D eigenvalue weighted by Gasteiger charge is -2.19. The highest BCUT2D eigenvalue weighted by atomic mass is 16.7. The van der Waals surface area contributed by atoms with Gasteiger partial charge < -0.3 is 58.0 Å². The maximum absolute atomic E-state index is 11.8. The fourth-order valence-electron chi connectivity index (χ4n) is 3.07. The molecule has 0 aliphatic heterocycles. The van der Waals surface area contributed by atoms with E-state index in [2.05, 4.69) is 15.4 Å². The number of ether oxygens (including phenoxy) is 10. The molecular weight excluding hydrogens is 642 g/mol. The van der Waals surface area contributed by atoms with Crippen LogP contribution in [0.5, 0.6) is 0 Å². The number of carbonyl (C=O) groups excluding carboxylic acids is 4. The van der Waals surface area contributed by atoms with Crippen molar-refractivity contribution in [3.8, 4) is 0 Å². The Hall–Kier alpha value is -2.68. The van der Waals surface area contributed by atoms with Gasteiger partial charge in [0, 0.05) is 19.5 Å². The first-order valence-corrected chi connectivity index (χ1v) is 16.0. The molecule has 0 bridgehead atoms. The molecule has 18 heteroatoms. The molecule has 0 rings (SSSR count). The summed E-state index contributed by atoms with van der Waals surface area (Å²) in [6.45, 7) is 11.5. The van der Waals surface area contributed by atoms with Gasteiger partial charge in [0.1, 0.15) is 5.60 Å². The van der Waals surface area contributed by atoms with Crippen LogP contribution in [-0.2, 0) is 66.6 Å². The Morgan fingerprint density at radius 3 is 1.29 bits per heavy atom. The van der Waals surface area contributed by atoms with Gasteiger partial charge in [-0.1, -0.05) is 0 Å². The number of esters is 1. The van der Waals surface area contributed by atoms with E-state index < -0.39 is 17.6 Å². The fourth-order valence-corrected chi connectivity index (χ4v) is 3.07. The molecule has 0 aliphatic carbocycles. The van der Waals surface area contributed by atoms with Crippen molar-refractivity contribution in [3.05, 3.63) is 0 Å². The Labute approximate surface area is 283 Å². The van der Waals surface area contributed by atoms with Crippen molar-refractivity contribution >= 4 is 23.9 Å². The molecule has 18 nitrogen and oxygen atoms in total. The van der Waals surface area contributed by atoms with E-state index in [1.807, 2.05) is 5.48 Å². The van der Waals surface area contributed by atoms with E-state index in [1.54, 1.807) is 20.8 Å². The summed E-state index contributed by atoms with van der Waals surface area (Å²) in [5.74, 6) is -0.841. The van der Waals surface area contributed by atoms with Gasteiger partial charge in [-0.05, 0) is 20.8 Å². The summed E-state index contributed by atoms with van der Waals surface area (Å²) in [6, 6.07) is 0. The van der Waals surface area contributed by atoms with Gasteiger partial charge in [0.15, 0.2) is 6.61 Å². The number of carbonyl (C=O) groups is 4. The van der Waals surface area contributed by atoms with Crippen molar-refractivity contribution in [1.82, 2.24) is 16.1 Å². The topological polar surface area (TPSA) is 206 Å². The van der Waals surface area contributed by atoms with Crippen LogP contribution in [0.3, 0.4) is 0 Å². The summed E-state index contributed by atoms with van der Waals surface area (Å²) in [7, 11) is 1.34. The van der Waals surface area contributed by atoms with Crippen molar-refractivity contribution in [2.24, 2.45) is 0 Å². The molecule has 0 fully saturated rings. The molecule has 0 aliphatic rings. The first-order valence-electron chi connectivity index (χ1n) is 16.0. The monoisotopic (exact) mass is 699 g/mol. The zero-order valence-corrected chi connectivity index (χ0v) is 29.0. The van der Waals surface area contributed by atoms with E-state index in [4.69, 9.17) is 47.5 Å². The first-order chi connectivity index (χ1) is 23.1. The maximum atomic E-state index is 11.8. The minimum Gasteiger partial charge on any atom is -0.469 e. The highest BCUT2D eigenvalue weighted by Gasteiger charge is 2.16. The third kappa shape index (κ3) is 36.2. The Morgan fingerprint density at radius 2 is 0.875 bits per heavy atom. The smallest absolute Gasteiger partial charge is 0.431 e. The normalized spacial score (nSPS) is 11.2. The van der Waals surface area contributed by atoms with Crippen LogP contribution in [-0.4, -0.2) is 162 Å². The van der Waals surface area contributed by atoms with Gasteiger partial charge >= 0.3 is 12.1 Å². The lowest BCUT2D eigenvalue weighted by atomic mass is 10.2. The Bertz CT molecular complexity index is 815. The highest BCUT2D eigenvalue weighted by Crippen LogP contribution is 2.06. The van der Waals surface area contributed by atoms with Crippen molar-refractivity contribution < 1.29 is 71.4 Å². The predicted octanol–water partition coefficient (Wildman–Crippen LogP) is -0.239. The van der Waals surface area contributed by atoms with Crippen molar-refractivity contribution in [2.75, 3.05) is 133 Å². The second-order valence-corrected chi connectivity index (χ2v) is 10.6. The quantitative estimate of drug-likeness (QED) is 0.0459. The zero-order valence-electron chi connectivity index (χ0n) is 29.0. The van der Waals surface area contributed by atoms with E-state index in [0.717, 1.165) is 0 Å². The number of hydroxylamine groups is 1. The number of amides is 3. The summed E-state index contributed by atoms with van der Waals surface area (Å²) in [4.78, 5) is 50.6. The number of hydrogen-bond acceptors (Lipinski definition) is 15. The molecule has 0 aromatic heterocycles. The van der Waals surface area contributed by atoms with Crippen LogP contribution in [0, 0.1) is 0 Å². The molecule has 0 saturated carbocycles. The SMILES string of the molecule is COC(=O)CCOCCOCCOCCOCCNC(=O)CCOCCOCCOCCOCCNC(=O)CONC(=O)OC(C)(C)C. The van der Waals surface area contributed by atoms with Crippen molar-refractivity contribution in [1.29, 1.82) is 0 Å². The molecule has 282 valence electrons. The molecule has 3 N–H and O–H groups in total. The Morgan fingerprint density at radius 1 is 0.500 bits per heavy atom. The summed E-state index contributed by atoms with van der Waals surface area (Å²) in [5.41, 5.74) is 1.37. The average Bonchev–Trinajstić information content (AvgIpc) is 3.03. The minimum atomic E-state index is -0.775. The molecule has 3 amide bonds. The van der Waals surface area contributed by atoms with Crippen LogP contribution in [0.15, 0.2) is 0 Å². The number of nitrogens with one attached hydrogen (secondary N) is 3. The molecule has 0 radical (unpaired) electrons. The van der Waals surface area contributed by atoms with Crippen LogP contribution >= 0.6 is 0 Å². The van der Waals surface area contributed by atoms with Gasteiger partial charge in [0.05, 0.1) is 119 Å². The highest BCUT2D eigenvalue weighted by molar-refractivity contribution is 5.77. The van der Waals surface area contributed by atoms with Crippen LogP contribution < -0.4 is 16.1 Å². The lowest BCUT2D eigenvalue weighted by Crippen LogP contribution is -2.37. The molecule has 0 aromatic rings. The zero-order chi connectivity index (χ0) is 35.6. The van der Waals surface area contributed by atoms with E-state index in [9.17, 15) is 19.2 Å². The molecule has 0 atom stereocenters. The van der Waals surface area contributed by atoms with Crippen molar-refractivity contribution in [2.45, 2.75) is 39.2 Å².